The monoisotopic (exact) mass is 377 g/mol. The molecule has 0 N–H and O–H groups in total. The lowest BCUT2D eigenvalue weighted by Crippen LogP contribution is -2.31. The van der Waals surface area contributed by atoms with E-state index in [1.165, 1.54) is 11.4 Å². The van der Waals surface area contributed by atoms with Crippen molar-refractivity contribution in [3.05, 3.63) is 35.9 Å². The fourth-order valence-corrected chi connectivity index (χ4v) is 4.67. The Kier molecular flexibility index (Phi) is 4.41. The highest BCUT2D eigenvalue weighted by Gasteiger charge is 2.34. The summed E-state index contributed by atoms with van der Waals surface area (Å²) >= 11 is 0. The quantitative estimate of drug-likeness (QED) is 0.775. The number of benzene rings is 1. The Hall–Kier alpha value is -2.39. The first kappa shape index (κ1) is 17.0. The number of methoxy groups -OCH3 is 1. The van der Waals surface area contributed by atoms with E-state index in [1.54, 1.807) is 30.3 Å². The zero-order valence-corrected chi connectivity index (χ0v) is 15.1. The van der Waals surface area contributed by atoms with Crippen molar-refractivity contribution in [2.24, 2.45) is 0 Å². The van der Waals surface area contributed by atoms with Crippen LogP contribution in [0.2, 0.25) is 0 Å². The molecule has 1 atom stereocenters. The second-order valence-corrected chi connectivity index (χ2v) is 8.11. The summed E-state index contributed by atoms with van der Waals surface area (Å²) < 4.78 is 43.4. The molecule has 8 nitrogen and oxygen atoms in total. The largest absolute Gasteiger partial charge is 0.493 e. The van der Waals surface area contributed by atoms with E-state index in [-0.39, 0.29) is 12.6 Å². The Bertz CT molecular complexity index is 901. The minimum atomic E-state index is -3.55. The number of aromatic nitrogens is 2. The van der Waals surface area contributed by atoms with Gasteiger partial charge in [0.25, 0.3) is 0 Å². The van der Waals surface area contributed by atoms with E-state index in [1.807, 2.05) is 0 Å². The second-order valence-electron chi connectivity index (χ2n) is 6.17. The molecule has 2 aliphatic rings. The number of rotatable bonds is 5. The van der Waals surface area contributed by atoms with E-state index in [0.29, 0.717) is 36.2 Å². The normalized spacial score (nSPS) is 19.8. The van der Waals surface area contributed by atoms with Crippen molar-refractivity contribution in [3.8, 4) is 17.5 Å². The molecule has 0 aliphatic carbocycles. The van der Waals surface area contributed by atoms with Crippen molar-refractivity contribution in [3.63, 3.8) is 0 Å². The van der Waals surface area contributed by atoms with Gasteiger partial charge in [-0.15, -0.1) is 10.2 Å². The van der Waals surface area contributed by atoms with Crippen LogP contribution in [0.5, 0.6) is 17.5 Å². The number of hydrogen-bond donors (Lipinski definition) is 0. The molecule has 4 rings (SSSR count). The number of fused-ring (bicyclic) bond motifs is 1. The summed E-state index contributed by atoms with van der Waals surface area (Å²) in [6.45, 7) is 1.29. The molecule has 138 valence electrons. The summed E-state index contributed by atoms with van der Waals surface area (Å²) in [5.74, 6) is 1.52. The maximum atomic E-state index is 12.9. The first-order valence-corrected chi connectivity index (χ1v) is 9.80. The molecule has 3 heterocycles. The van der Waals surface area contributed by atoms with Gasteiger partial charge in [0, 0.05) is 25.1 Å². The number of nitrogens with zero attached hydrogens (tertiary/aromatic N) is 3. The molecule has 26 heavy (non-hydrogen) atoms. The van der Waals surface area contributed by atoms with Crippen LogP contribution in [0.1, 0.15) is 12.0 Å². The number of ether oxygens (including phenoxy) is 3. The Morgan fingerprint density at radius 3 is 2.77 bits per heavy atom. The molecule has 0 unspecified atom stereocenters. The lowest BCUT2D eigenvalue weighted by Gasteiger charge is -2.17. The van der Waals surface area contributed by atoms with Gasteiger partial charge in [0.05, 0.1) is 25.2 Å². The third kappa shape index (κ3) is 3.19. The fraction of sp³-hybridized carbons (Fsp3) is 0.412. The summed E-state index contributed by atoms with van der Waals surface area (Å²) in [4.78, 5) is 0.298. The van der Waals surface area contributed by atoms with Gasteiger partial charge >= 0.3 is 0 Å². The van der Waals surface area contributed by atoms with Gasteiger partial charge in [-0.05, 0) is 30.2 Å². The van der Waals surface area contributed by atoms with Crippen molar-refractivity contribution in [2.45, 2.75) is 23.8 Å². The predicted molar refractivity (Wildman–Crippen MR) is 92.0 cm³/mol. The van der Waals surface area contributed by atoms with Crippen molar-refractivity contribution in [1.29, 1.82) is 0 Å². The van der Waals surface area contributed by atoms with Crippen LogP contribution in [0.15, 0.2) is 35.2 Å². The zero-order chi connectivity index (χ0) is 18.1. The van der Waals surface area contributed by atoms with Crippen LogP contribution < -0.4 is 14.2 Å². The predicted octanol–water partition coefficient (Wildman–Crippen LogP) is 1.26. The van der Waals surface area contributed by atoms with E-state index < -0.39 is 10.0 Å². The van der Waals surface area contributed by atoms with Gasteiger partial charge in [0.1, 0.15) is 11.9 Å². The van der Waals surface area contributed by atoms with Crippen molar-refractivity contribution in [1.82, 2.24) is 14.5 Å². The lowest BCUT2D eigenvalue weighted by atomic mass is 10.2. The molecule has 0 bridgehead atoms. The van der Waals surface area contributed by atoms with Gasteiger partial charge in [-0.3, -0.25) is 0 Å². The van der Waals surface area contributed by atoms with E-state index in [4.69, 9.17) is 14.2 Å². The smallest absolute Gasteiger partial charge is 0.243 e. The minimum Gasteiger partial charge on any atom is -0.493 e. The lowest BCUT2D eigenvalue weighted by molar-refractivity contribution is 0.203. The van der Waals surface area contributed by atoms with Gasteiger partial charge in [0.15, 0.2) is 0 Å². The maximum absolute atomic E-state index is 12.9. The molecule has 0 radical (unpaired) electrons. The average molecular weight is 377 g/mol. The van der Waals surface area contributed by atoms with E-state index in [9.17, 15) is 8.42 Å². The van der Waals surface area contributed by atoms with Crippen molar-refractivity contribution < 1.29 is 22.6 Å². The Morgan fingerprint density at radius 1 is 1.19 bits per heavy atom. The molecule has 2 aromatic rings. The third-order valence-corrected chi connectivity index (χ3v) is 6.38. The van der Waals surface area contributed by atoms with E-state index in [2.05, 4.69) is 10.2 Å². The molecular formula is C17H19N3O5S. The van der Waals surface area contributed by atoms with Gasteiger partial charge in [-0.25, -0.2) is 8.42 Å². The maximum Gasteiger partial charge on any atom is 0.243 e. The van der Waals surface area contributed by atoms with Crippen LogP contribution in [-0.4, -0.2) is 55.8 Å². The van der Waals surface area contributed by atoms with Crippen LogP contribution in [0.3, 0.4) is 0 Å². The molecular weight excluding hydrogens is 358 g/mol. The average Bonchev–Trinajstić information content (AvgIpc) is 3.31. The van der Waals surface area contributed by atoms with Crippen LogP contribution in [0.4, 0.5) is 0 Å². The third-order valence-electron chi connectivity index (χ3n) is 4.52. The van der Waals surface area contributed by atoms with Crippen LogP contribution >= 0.6 is 0 Å². The second kappa shape index (κ2) is 6.73. The summed E-state index contributed by atoms with van der Waals surface area (Å²) in [6.07, 6.45) is 1.08. The SMILES string of the molecule is COc1ccc(O[C@H]2CCN(S(=O)(=O)c3ccc4c(c3)CCO4)C2)nn1. The van der Waals surface area contributed by atoms with Gasteiger partial charge < -0.3 is 14.2 Å². The highest BCUT2D eigenvalue weighted by atomic mass is 32.2. The molecule has 0 spiro atoms. The number of sulfonamides is 1. The summed E-state index contributed by atoms with van der Waals surface area (Å²) in [5, 5.41) is 7.77. The first-order chi connectivity index (χ1) is 12.6. The van der Waals surface area contributed by atoms with Gasteiger partial charge in [0.2, 0.25) is 21.8 Å². The van der Waals surface area contributed by atoms with Crippen LogP contribution in [-0.2, 0) is 16.4 Å². The molecule has 0 saturated carbocycles. The van der Waals surface area contributed by atoms with Crippen molar-refractivity contribution >= 4 is 10.0 Å². The minimum absolute atomic E-state index is 0.259. The van der Waals surface area contributed by atoms with E-state index >= 15 is 0 Å². The molecule has 0 amide bonds. The fourth-order valence-electron chi connectivity index (χ4n) is 3.13. The molecule has 1 fully saturated rings. The zero-order valence-electron chi connectivity index (χ0n) is 14.3. The number of hydrogen-bond acceptors (Lipinski definition) is 7. The van der Waals surface area contributed by atoms with Gasteiger partial charge in [-0.2, -0.15) is 4.31 Å². The van der Waals surface area contributed by atoms with Crippen molar-refractivity contribution in [2.75, 3.05) is 26.8 Å². The Labute approximate surface area is 151 Å². The van der Waals surface area contributed by atoms with E-state index in [0.717, 1.165) is 17.7 Å². The van der Waals surface area contributed by atoms with Crippen LogP contribution in [0, 0.1) is 0 Å². The van der Waals surface area contributed by atoms with Gasteiger partial charge in [-0.1, -0.05) is 0 Å². The Morgan fingerprint density at radius 2 is 2.00 bits per heavy atom. The standard InChI is InChI=1S/C17H19N3O5S/c1-23-16-4-5-17(19-18-16)25-13-6-8-20(11-13)26(21,22)14-2-3-15-12(10-14)7-9-24-15/h2-5,10,13H,6-9,11H2,1H3/t13-/m0/s1. The summed E-state index contributed by atoms with van der Waals surface area (Å²) in [7, 11) is -2.05. The summed E-state index contributed by atoms with van der Waals surface area (Å²) in [5.41, 5.74) is 0.937. The molecule has 2 aliphatic heterocycles. The summed E-state index contributed by atoms with van der Waals surface area (Å²) in [6, 6.07) is 8.34. The highest BCUT2D eigenvalue weighted by molar-refractivity contribution is 7.89. The van der Waals surface area contributed by atoms with Crippen LogP contribution in [0.25, 0.3) is 0 Å². The molecule has 9 heteroatoms. The topological polar surface area (TPSA) is 90.9 Å². The molecule has 1 saturated heterocycles. The molecule has 1 aromatic heterocycles. The Balaban J connectivity index is 1.45. The molecule has 1 aromatic carbocycles. The first-order valence-electron chi connectivity index (χ1n) is 8.36. The highest BCUT2D eigenvalue weighted by Crippen LogP contribution is 2.30.